The lowest BCUT2D eigenvalue weighted by molar-refractivity contribution is 0.102. The van der Waals surface area contributed by atoms with E-state index in [9.17, 15) is 4.79 Å². The molecule has 1 aromatic carbocycles. The molecule has 4 aromatic rings. The van der Waals surface area contributed by atoms with Crippen molar-refractivity contribution < 1.29 is 4.79 Å². The number of benzene rings is 1. The van der Waals surface area contributed by atoms with Crippen LogP contribution in [0.25, 0.3) is 16.7 Å². The minimum absolute atomic E-state index is 0.0827. The van der Waals surface area contributed by atoms with E-state index >= 15 is 0 Å². The zero-order valence-corrected chi connectivity index (χ0v) is 16.0. The van der Waals surface area contributed by atoms with Crippen LogP contribution in [0.4, 0.5) is 0 Å². The summed E-state index contributed by atoms with van der Waals surface area (Å²) in [5, 5.41) is 0. The first kappa shape index (κ1) is 16.4. The summed E-state index contributed by atoms with van der Waals surface area (Å²) < 4.78 is 3.30. The number of fused-ring (bicyclic) bond motifs is 3. The Bertz CT molecular complexity index is 1090. The highest BCUT2D eigenvalue weighted by Gasteiger charge is 2.21. The second kappa shape index (κ2) is 6.32. The van der Waals surface area contributed by atoms with Crippen molar-refractivity contribution in [2.45, 2.75) is 30.7 Å². The zero-order chi connectivity index (χ0) is 17.6. The van der Waals surface area contributed by atoms with Crippen molar-refractivity contribution in [2.75, 3.05) is 0 Å². The van der Waals surface area contributed by atoms with Gasteiger partial charge in [0, 0.05) is 18.9 Å². The third-order valence-electron chi connectivity index (χ3n) is 4.18. The van der Waals surface area contributed by atoms with Crippen molar-refractivity contribution in [3.05, 3.63) is 64.2 Å². The average molecular weight is 367 g/mol. The summed E-state index contributed by atoms with van der Waals surface area (Å²) in [4.78, 5) is 17.7. The number of thiophene rings is 1. The van der Waals surface area contributed by atoms with Gasteiger partial charge in [0.25, 0.3) is 0 Å². The van der Waals surface area contributed by atoms with Crippen LogP contribution >= 0.6 is 23.1 Å². The molecule has 0 fully saturated rings. The number of rotatable bonds is 4. The van der Waals surface area contributed by atoms with Crippen LogP contribution in [0.3, 0.4) is 0 Å². The van der Waals surface area contributed by atoms with E-state index in [1.807, 2.05) is 6.07 Å². The van der Waals surface area contributed by atoms with E-state index in [4.69, 9.17) is 4.98 Å². The number of ketones is 1. The number of carbonyl (C=O) groups is 1. The van der Waals surface area contributed by atoms with E-state index < -0.39 is 0 Å². The van der Waals surface area contributed by atoms with Crippen molar-refractivity contribution in [1.29, 1.82) is 0 Å². The molecule has 3 aromatic heterocycles. The minimum atomic E-state index is 0.0827. The first-order valence-electron chi connectivity index (χ1n) is 8.14. The van der Waals surface area contributed by atoms with E-state index in [0.29, 0.717) is 0 Å². The van der Waals surface area contributed by atoms with Crippen LogP contribution < -0.4 is 0 Å². The molecule has 126 valence electrons. The summed E-state index contributed by atoms with van der Waals surface area (Å²) >= 11 is 3.34. The van der Waals surface area contributed by atoms with Gasteiger partial charge in [-0.05, 0) is 30.5 Å². The Kier molecular flexibility index (Phi) is 4.13. The molecule has 0 aliphatic carbocycles. The Hall–Kier alpha value is -2.11. The van der Waals surface area contributed by atoms with E-state index in [0.717, 1.165) is 37.1 Å². The van der Waals surface area contributed by atoms with Crippen molar-refractivity contribution in [1.82, 2.24) is 9.38 Å². The van der Waals surface area contributed by atoms with Gasteiger partial charge in [-0.1, -0.05) is 36.4 Å². The van der Waals surface area contributed by atoms with Gasteiger partial charge in [0.1, 0.15) is 11.2 Å². The van der Waals surface area contributed by atoms with Crippen LogP contribution in [-0.4, -0.2) is 15.2 Å². The molecule has 0 aliphatic rings. The van der Waals surface area contributed by atoms with E-state index in [-0.39, 0.29) is 5.78 Å². The van der Waals surface area contributed by atoms with Crippen LogP contribution in [0.5, 0.6) is 0 Å². The maximum atomic E-state index is 12.1. The molecule has 0 saturated heterocycles. The molecule has 0 N–H and O–H groups in total. The van der Waals surface area contributed by atoms with Gasteiger partial charge in [0.15, 0.2) is 5.78 Å². The van der Waals surface area contributed by atoms with Crippen LogP contribution in [-0.2, 0) is 5.75 Å². The molecule has 3 nitrogen and oxygen atoms in total. The van der Waals surface area contributed by atoms with Gasteiger partial charge in [0.05, 0.1) is 14.6 Å². The van der Waals surface area contributed by atoms with E-state index in [2.05, 4.69) is 54.8 Å². The average Bonchev–Trinajstić information content (AvgIpc) is 3.12. The zero-order valence-electron chi connectivity index (χ0n) is 14.4. The number of pyridine rings is 1. The number of imidazole rings is 1. The quantitative estimate of drug-likeness (QED) is 0.345. The summed E-state index contributed by atoms with van der Waals surface area (Å²) in [5.41, 5.74) is 6.44. The lowest BCUT2D eigenvalue weighted by Gasteiger charge is -2.04. The Morgan fingerprint density at radius 2 is 2.00 bits per heavy atom. The lowest BCUT2D eigenvalue weighted by atomic mass is 10.2. The maximum Gasteiger partial charge on any atom is 0.172 e. The predicted molar refractivity (Wildman–Crippen MR) is 106 cm³/mol. The first-order chi connectivity index (χ1) is 12.0. The van der Waals surface area contributed by atoms with Gasteiger partial charge in [-0.15, -0.1) is 23.1 Å². The molecule has 0 unspecified atom stereocenters. The SMILES string of the molecule is CC(=O)c1sc(SCc2ccccc2)c2c1nc1c(C)cc(C)cn12. The molecule has 0 spiro atoms. The minimum Gasteiger partial charge on any atom is -0.297 e. The first-order valence-corrected chi connectivity index (χ1v) is 9.94. The normalized spacial score (nSPS) is 11.5. The molecule has 25 heavy (non-hydrogen) atoms. The second-order valence-electron chi connectivity index (χ2n) is 6.25. The molecule has 4 rings (SSSR count). The molecule has 0 aliphatic heterocycles. The number of aromatic nitrogens is 2. The predicted octanol–water partition coefficient (Wildman–Crippen LogP) is 5.66. The number of nitrogens with zero attached hydrogens (tertiary/aromatic N) is 2. The number of carbonyl (C=O) groups excluding carboxylic acids is 1. The maximum absolute atomic E-state index is 12.1. The highest BCUT2D eigenvalue weighted by atomic mass is 32.2. The van der Waals surface area contributed by atoms with Crippen molar-refractivity contribution in [2.24, 2.45) is 0 Å². The fourth-order valence-corrected chi connectivity index (χ4v) is 5.43. The Labute approximate surface area is 154 Å². The Balaban J connectivity index is 1.89. The summed E-state index contributed by atoms with van der Waals surface area (Å²) in [5.74, 6) is 0.964. The van der Waals surface area contributed by atoms with Gasteiger partial charge in [0.2, 0.25) is 0 Å². The van der Waals surface area contributed by atoms with Crippen molar-refractivity contribution >= 4 is 45.6 Å². The van der Waals surface area contributed by atoms with Crippen LogP contribution in [0.15, 0.2) is 46.8 Å². The summed E-state index contributed by atoms with van der Waals surface area (Å²) in [7, 11) is 0. The van der Waals surface area contributed by atoms with Crippen LogP contribution in [0.2, 0.25) is 0 Å². The molecule has 0 atom stereocenters. The lowest BCUT2D eigenvalue weighted by Crippen LogP contribution is -1.90. The molecule has 0 saturated carbocycles. The summed E-state index contributed by atoms with van der Waals surface area (Å²) in [6, 6.07) is 12.5. The third kappa shape index (κ3) is 2.87. The highest BCUT2D eigenvalue weighted by molar-refractivity contribution is 8.00. The van der Waals surface area contributed by atoms with Crippen molar-refractivity contribution in [3.8, 4) is 0 Å². The number of Topliss-reactive ketones (excluding diaryl/α,β-unsaturated/α-hetero) is 1. The molecule has 5 heteroatoms. The molecule has 0 amide bonds. The molecule has 3 heterocycles. The Morgan fingerprint density at radius 3 is 2.72 bits per heavy atom. The van der Waals surface area contributed by atoms with E-state index in [1.165, 1.54) is 11.1 Å². The van der Waals surface area contributed by atoms with Crippen molar-refractivity contribution in [3.63, 3.8) is 0 Å². The monoisotopic (exact) mass is 366 g/mol. The largest absolute Gasteiger partial charge is 0.297 e. The number of hydrogen-bond acceptors (Lipinski definition) is 4. The van der Waals surface area contributed by atoms with Gasteiger partial charge in [-0.25, -0.2) is 4.98 Å². The van der Waals surface area contributed by atoms with Gasteiger partial charge < -0.3 is 0 Å². The highest BCUT2D eigenvalue weighted by Crippen LogP contribution is 2.40. The fourth-order valence-electron chi connectivity index (χ4n) is 3.09. The van der Waals surface area contributed by atoms with Gasteiger partial charge in [-0.3, -0.25) is 9.20 Å². The number of hydrogen-bond donors (Lipinski definition) is 0. The standard InChI is InChI=1S/C20H18N2OS2/c1-12-9-13(2)19-21-16-17(22(19)10-12)20(25-18(16)14(3)23)24-11-15-7-5-4-6-8-15/h4-10H,11H2,1-3H3. The summed E-state index contributed by atoms with van der Waals surface area (Å²) in [6.07, 6.45) is 2.11. The fraction of sp³-hybridized carbons (Fsp3) is 0.200. The molecule has 0 bridgehead atoms. The number of thioether (sulfide) groups is 1. The second-order valence-corrected chi connectivity index (χ2v) is 8.52. The Morgan fingerprint density at radius 1 is 1.24 bits per heavy atom. The molecular weight excluding hydrogens is 348 g/mol. The third-order valence-corrected chi connectivity index (χ3v) is 6.78. The van der Waals surface area contributed by atoms with E-state index in [1.54, 1.807) is 30.0 Å². The van der Waals surface area contributed by atoms with Crippen LogP contribution in [0.1, 0.15) is 33.3 Å². The summed E-state index contributed by atoms with van der Waals surface area (Å²) in [6.45, 7) is 5.79. The molecule has 0 radical (unpaired) electrons. The smallest absolute Gasteiger partial charge is 0.172 e. The topological polar surface area (TPSA) is 34.4 Å². The molecular formula is C20H18N2OS2. The van der Waals surface area contributed by atoms with Crippen LogP contribution in [0, 0.1) is 13.8 Å². The number of aryl methyl sites for hydroxylation is 2. The van der Waals surface area contributed by atoms with Gasteiger partial charge >= 0.3 is 0 Å². The van der Waals surface area contributed by atoms with Gasteiger partial charge in [-0.2, -0.15) is 0 Å².